The number of nitrogens with zero attached hydrogens (tertiary/aromatic N) is 2. The van der Waals surface area contributed by atoms with E-state index < -0.39 is 6.04 Å². The first-order valence-corrected chi connectivity index (χ1v) is 11.2. The molecule has 2 saturated heterocycles. The van der Waals surface area contributed by atoms with E-state index in [4.69, 9.17) is 4.74 Å². The molecule has 7 heteroatoms. The average Bonchev–Trinajstić information content (AvgIpc) is 3.31. The number of nitrogens with one attached hydrogen (secondary N) is 1. The summed E-state index contributed by atoms with van der Waals surface area (Å²) < 4.78 is 7.35. The Labute approximate surface area is 181 Å². The van der Waals surface area contributed by atoms with Crippen LogP contribution in [-0.2, 0) is 16.1 Å². The molecule has 4 heterocycles. The third kappa shape index (κ3) is 3.71. The third-order valence-electron chi connectivity index (χ3n) is 7.19. The largest absolute Gasteiger partial charge is 0.396 e. The highest BCUT2D eigenvalue weighted by atomic mass is 16.5. The summed E-state index contributed by atoms with van der Waals surface area (Å²) in [4.78, 5) is 28.2. The van der Waals surface area contributed by atoms with Gasteiger partial charge >= 0.3 is 0 Å². The number of para-hydroxylation sites is 1. The number of anilines is 1. The number of carbonyl (C=O) groups is 1. The van der Waals surface area contributed by atoms with Crippen molar-refractivity contribution >= 4 is 11.6 Å². The molecule has 31 heavy (non-hydrogen) atoms. The smallest absolute Gasteiger partial charge is 0.250 e. The molecule has 0 unspecified atom stereocenters. The molecule has 4 atom stereocenters. The number of likely N-dealkylation sites (tertiary alicyclic amines) is 1. The van der Waals surface area contributed by atoms with Crippen molar-refractivity contribution in [2.45, 2.75) is 31.5 Å². The molecule has 3 aliphatic rings. The highest BCUT2D eigenvalue weighted by molar-refractivity contribution is 5.95. The van der Waals surface area contributed by atoms with E-state index in [9.17, 15) is 14.7 Å². The quantitative estimate of drug-likeness (QED) is 0.767. The summed E-state index contributed by atoms with van der Waals surface area (Å²) in [6.45, 7) is 2.71. The Bertz CT molecular complexity index is 986. The van der Waals surface area contributed by atoms with Gasteiger partial charge in [-0.15, -0.1) is 0 Å². The number of amides is 1. The summed E-state index contributed by atoms with van der Waals surface area (Å²) in [6, 6.07) is 14.4. The predicted molar refractivity (Wildman–Crippen MR) is 117 cm³/mol. The second kappa shape index (κ2) is 8.57. The predicted octanol–water partition coefficient (Wildman–Crippen LogP) is 1.88. The van der Waals surface area contributed by atoms with Crippen molar-refractivity contribution in [2.75, 3.05) is 31.7 Å². The number of pyridine rings is 1. The second-order valence-corrected chi connectivity index (χ2v) is 8.91. The van der Waals surface area contributed by atoms with Crippen LogP contribution in [0.5, 0.6) is 0 Å². The molecular formula is C24H29N3O4. The van der Waals surface area contributed by atoms with Gasteiger partial charge in [-0.25, -0.2) is 0 Å². The Morgan fingerprint density at radius 2 is 1.87 bits per heavy atom. The van der Waals surface area contributed by atoms with Crippen LogP contribution >= 0.6 is 0 Å². The molecule has 2 fully saturated rings. The molecule has 0 aliphatic carbocycles. The Kier molecular flexibility index (Phi) is 5.65. The first-order valence-electron chi connectivity index (χ1n) is 11.2. The maximum Gasteiger partial charge on any atom is 0.250 e. The number of carbonyl (C=O) groups excluding carboxylic acids is 1. The Balaban J connectivity index is 1.50. The average molecular weight is 424 g/mol. The number of aliphatic hydroxyl groups excluding tert-OH is 1. The molecule has 0 bridgehead atoms. The Hall–Kier alpha value is -2.48. The second-order valence-electron chi connectivity index (χ2n) is 8.91. The summed E-state index contributed by atoms with van der Waals surface area (Å²) in [5.74, 6) is 0.152. The van der Waals surface area contributed by atoms with Gasteiger partial charge < -0.3 is 19.7 Å². The lowest BCUT2D eigenvalue weighted by Gasteiger charge is -2.35. The van der Waals surface area contributed by atoms with E-state index in [0.29, 0.717) is 12.5 Å². The molecule has 1 aromatic heterocycles. The van der Waals surface area contributed by atoms with E-state index in [2.05, 4.69) is 10.2 Å². The van der Waals surface area contributed by atoms with Crippen LogP contribution in [0.2, 0.25) is 0 Å². The van der Waals surface area contributed by atoms with E-state index in [-0.39, 0.29) is 36.0 Å². The van der Waals surface area contributed by atoms with Gasteiger partial charge in [-0.2, -0.15) is 0 Å². The highest BCUT2D eigenvalue weighted by Gasteiger charge is 2.55. The number of aliphatic hydroxyl groups is 1. The van der Waals surface area contributed by atoms with Crippen LogP contribution in [-0.4, -0.2) is 52.9 Å². The molecule has 0 saturated carbocycles. The molecule has 7 nitrogen and oxygen atoms in total. The van der Waals surface area contributed by atoms with Crippen molar-refractivity contribution in [2.24, 2.45) is 17.8 Å². The van der Waals surface area contributed by atoms with E-state index in [1.807, 2.05) is 41.0 Å². The number of fused-ring (bicyclic) bond motifs is 3. The zero-order valence-corrected chi connectivity index (χ0v) is 17.5. The van der Waals surface area contributed by atoms with E-state index >= 15 is 0 Å². The maximum absolute atomic E-state index is 13.5. The highest BCUT2D eigenvalue weighted by Crippen LogP contribution is 2.49. The van der Waals surface area contributed by atoms with Crippen LogP contribution in [0.4, 0.5) is 5.69 Å². The Morgan fingerprint density at radius 1 is 1.10 bits per heavy atom. The summed E-state index contributed by atoms with van der Waals surface area (Å²) >= 11 is 0. The fourth-order valence-electron chi connectivity index (χ4n) is 5.73. The fraction of sp³-hybridized carbons (Fsp3) is 0.500. The molecule has 164 valence electrons. The van der Waals surface area contributed by atoms with E-state index in [1.54, 1.807) is 12.1 Å². The van der Waals surface area contributed by atoms with E-state index in [0.717, 1.165) is 44.0 Å². The number of hydrogen-bond donors (Lipinski definition) is 2. The van der Waals surface area contributed by atoms with Gasteiger partial charge in [-0.3, -0.25) is 14.5 Å². The van der Waals surface area contributed by atoms with Crippen LogP contribution in [0.15, 0.2) is 53.3 Å². The summed E-state index contributed by atoms with van der Waals surface area (Å²) in [5.41, 5.74) is 1.70. The zero-order chi connectivity index (χ0) is 21.4. The van der Waals surface area contributed by atoms with Crippen LogP contribution in [0.25, 0.3) is 0 Å². The van der Waals surface area contributed by atoms with Crippen molar-refractivity contribution in [3.63, 3.8) is 0 Å². The molecule has 2 N–H and O–H groups in total. The SMILES string of the molecule is O=C(Nc1ccccc1)[C@@H]1[C@@H](CO)[C@@H]2Cn3c(cccc3=O)[C@@H]2N1CC1CCOCC1. The van der Waals surface area contributed by atoms with Crippen molar-refractivity contribution in [1.29, 1.82) is 0 Å². The van der Waals surface area contributed by atoms with Crippen molar-refractivity contribution in [3.8, 4) is 0 Å². The minimum absolute atomic E-state index is 0.0140. The van der Waals surface area contributed by atoms with Gasteiger partial charge in [0.05, 0.1) is 12.1 Å². The van der Waals surface area contributed by atoms with Gasteiger partial charge in [0.15, 0.2) is 0 Å². The lowest BCUT2D eigenvalue weighted by atomic mass is 9.88. The first-order chi connectivity index (χ1) is 15.2. The monoisotopic (exact) mass is 423 g/mol. The molecule has 1 amide bonds. The summed E-state index contributed by atoms with van der Waals surface area (Å²) in [6.07, 6.45) is 1.93. The van der Waals surface area contributed by atoms with Crippen LogP contribution in [0.3, 0.4) is 0 Å². The maximum atomic E-state index is 13.5. The van der Waals surface area contributed by atoms with Crippen molar-refractivity contribution < 1.29 is 14.6 Å². The summed E-state index contributed by atoms with van der Waals surface area (Å²) in [7, 11) is 0. The number of aromatic nitrogens is 1. The van der Waals surface area contributed by atoms with Gasteiger partial charge in [0, 0.05) is 62.2 Å². The van der Waals surface area contributed by atoms with Crippen molar-refractivity contribution in [3.05, 3.63) is 64.6 Å². The zero-order valence-electron chi connectivity index (χ0n) is 17.5. The van der Waals surface area contributed by atoms with Crippen LogP contribution < -0.4 is 10.9 Å². The number of benzene rings is 1. The fourth-order valence-corrected chi connectivity index (χ4v) is 5.73. The molecule has 2 aromatic rings. The van der Waals surface area contributed by atoms with Crippen LogP contribution in [0.1, 0.15) is 24.6 Å². The number of rotatable bonds is 5. The lowest BCUT2D eigenvalue weighted by molar-refractivity contribution is -0.123. The topological polar surface area (TPSA) is 83.8 Å². The number of hydrogen-bond acceptors (Lipinski definition) is 5. The summed E-state index contributed by atoms with van der Waals surface area (Å²) in [5, 5.41) is 13.4. The minimum atomic E-state index is -0.438. The van der Waals surface area contributed by atoms with Gasteiger partial charge in [0.25, 0.3) is 5.56 Å². The van der Waals surface area contributed by atoms with Crippen molar-refractivity contribution in [1.82, 2.24) is 9.47 Å². The van der Waals surface area contributed by atoms with Gasteiger partial charge in [-0.05, 0) is 37.0 Å². The van der Waals surface area contributed by atoms with Gasteiger partial charge in [0.1, 0.15) is 0 Å². The molecular weight excluding hydrogens is 394 g/mol. The standard InChI is InChI=1S/C24H29N3O4/c28-15-19-18-14-26-20(7-4-8-21(26)29)22(18)27(13-16-9-11-31-12-10-16)23(19)24(30)25-17-5-2-1-3-6-17/h1-8,16,18-19,22-23,28H,9-15H2,(H,25,30)/t18-,19-,22+,23-/m0/s1. The molecule has 3 aliphatic heterocycles. The molecule has 0 radical (unpaired) electrons. The van der Waals surface area contributed by atoms with Gasteiger partial charge in [0.2, 0.25) is 5.91 Å². The minimum Gasteiger partial charge on any atom is -0.396 e. The van der Waals surface area contributed by atoms with E-state index in [1.165, 1.54) is 0 Å². The molecule has 5 rings (SSSR count). The lowest BCUT2D eigenvalue weighted by Crippen LogP contribution is -2.47. The molecule has 1 aromatic carbocycles. The van der Waals surface area contributed by atoms with Gasteiger partial charge in [-0.1, -0.05) is 24.3 Å². The third-order valence-corrected chi connectivity index (χ3v) is 7.19. The first kappa shape index (κ1) is 20.4. The normalized spacial score (nSPS) is 28.3. The van der Waals surface area contributed by atoms with Crippen LogP contribution in [0, 0.1) is 17.8 Å². The Morgan fingerprint density at radius 3 is 2.61 bits per heavy atom. The molecule has 0 spiro atoms. The number of ether oxygens (including phenoxy) is 1.